The number of rotatable bonds is 0. The second kappa shape index (κ2) is 4.26. The molecule has 0 saturated heterocycles. The van der Waals surface area contributed by atoms with Crippen LogP contribution in [0, 0.1) is 22.7 Å². The normalized spacial score (nSPS) is 10.6. The van der Waals surface area contributed by atoms with Gasteiger partial charge < -0.3 is 5.73 Å². The van der Waals surface area contributed by atoms with Crippen LogP contribution in [0.15, 0.2) is 4.79 Å². The van der Waals surface area contributed by atoms with Gasteiger partial charge in [-0.25, -0.2) is 2.78 Å². The van der Waals surface area contributed by atoms with Crippen LogP contribution in [0.1, 0.15) is 0 Å². The third-order valence-corrected chi connectivity index (χ3v) is 3.72. The molecule has 2 N–H and O–H groups in total. The first-order valence-corrected chi connectivity index (χ1v) is 5.08. The summed E-state index contributed by atoms with van der Waals surface area (Å²) in [5.41, 5.74) is 4.81. The Morgan fingerprint density at radius 1 is 1.57 bits per heavy atom. The molecule has 0 aliphatic carbocycles. The molecule has 0 aliphatic heterocycles. The second-order valence-electron chi connectivity index (χ2n) is 2.12. The second-order valence-corrected chi connectivity index (χ2v) is 4.12. The van der Waals surface area contributed by atoms with Crippen molar-refractivity contribution in [3.8, 4) is 12.1 Å². The van der Waals surface area contributed by atoms with Gasteiger partial charge in [0, 0.05) is 6.20 Å². The summed E-state index contributed by atoms with van der Waals surface area (Å²) in [6.07, 6.45) is 1.16. The lowest BCUT2D eigenvalue weighted by atomic mass is 10.4. The minimum absolute atomic E-state index is 0.0883. The van der Waals surface area contributed by atoms with Gasteiger partial charge in [-0.2, -0.15) is 10.5 Å². The summed E-state index contributed by atoms with van der Waals surface area (Å²) >= 11 is 2.75. The van der Waals surface area contributed by atoms with E-state index >= 15 is 0 Å². The zero-order chi connectivity index (χ0) is 10.7. The predicted octanol–water partition coefficient (Wildman–Crippen LogP) is -0.998. The fourth-order valence-electron chi connectivity index (χ4n) is 0.752. The van der Waals surface area contributed by atoms with Crippen molar-refractivity contribution in [3.05, 3.63) is 19.5 Å². The molecule has 0 fully saturated rings. The lowest BCUT2D eigenvalue weighted by Crippen LogP contribution is -2.26. The van der Waals surface area contributed by atoms with E-state index in [2.05, 4.69) is 0 Å². The standard InChI is InChI=1S/C7H3IN4OS/c8-12-6(13)5(3-11)14-7(12)4(1-9)2-10/h3H,11H2/b5-3-. The summed E-state index contributed by atoms with van der Waals surface area (Å²) < 4.78 is 1.85. The van der Waals surface area contributed by atoms with Crippen LogP contribution in [-0.4, -0.2) is 2.78 Å². The molecule has 14 heavy (non-hydrogen) atoms. The van der Waals surface area contributed by atoms with Crippen LogP contribution in [0.4, 0.5) is 0 Å². The van der Waals surface area contributed by atoms with Crippen LogP contribution in [0.5, 0.6) is 0 Å². The number of thiazole rings is 1. The van der Waals surface area contributed by atoms with Gasteiger partial charge in [-0.15, -0.1) is 11.3 Å². The van der Waals surface area contributed by atoms with Gasteiger partial charge in [0.05, 0.1) is 22.9 Å². The Hall–Kier alpha value is -1.32. The highest BCUT2D eigenvalue weighted by molar-refractivity contribution is 14.1. The molecule has 0 atom stereocenters. The highest BCUT2D eigenvalue weighted by atomic mass is 127. The maximum Gasteiger partial charge on any atom is 0.279 e. The van der Waals surface area contributed by atoms with E-state index in [0.29, 0.717) is 9.20 Å². The van der Waals surface area contributed by atoms with Crippen molar-refractivity contribution in [3.63, 3.8) is 0 Å². The largest absolute Gasteiger partial charge is 0.403 e. The number of aromatic nitrogens is 1. The highest BCUT2D eigenvalue weighted by Gasteiger charge is 2.05. The Kier molecular flexibility index (Phi) is 3.28. The van der Waals surface area contributed by atoms with Crippen molar-refractivity contribution in [2.45, 2.75) is 0 Å². The summed E-state index contributed by atoms with van der Waals surface area (Å²) in [6.45, 7) is 0. The van der Waals surface area contributed by atoms with E-state index in [1.54, 1.807) is 35.0 Å². The number of hydrogen-bond acceptors (Lipinski definition) is 5. The van der Waals surface area contributed by atoms with Crippen LogP contribution in [0.3, 0.4) is 0 Å². The molecule has 1 rings (SSSR count). The topological polar surface area (TPSA) is 95.6 Å². The number of nitriles is 2. The van der Waals surface area contributed by atoms with Crippen LogP contribution in [0.25, 0.3) is 11.8 Å². The third kappa shape index (κ3) is 1.64. The number of halogens is 1. The lowest BCUT2D eigenvalue weighted by molar-refractivity contribution is 1.21. The van der Waals surface area contributed by atoms with Crippen molar-refractivity contribution in [1.29, 1.82) is 10.5 Å². The summed E-state index contributed by atoms with van der Waals surface area (Å²) in [6, 6.07) is 3.44. The van der Waals surface area contributed by atoms with Crippen molar-refractivity contribution in [2.24, 2.45) is 5.73 Å². The molecule has 70 valence electrons. The Morgan fingerprint density at radius 2 is 2.14 bits per heavy atom. The fourth-order valence-corrected chi connectivity index (χ4v) is 2.52. The Labute approximate surface area is 96.5 Å². The SMILES string of the molecule is N#CC(C#N)=c1s/c(=C\N)c(=O)n1I. The maximum atomic E-state index is 11.4. The quantitative estimate of drug-likeness (QED) is 0.621. The van der Waals surface area contributed by atoms with Gasteiger partial charge in [0.2, 0.25) is 0 Å². The summed E-state index contributed by atoms with van der Waals surface area (Å²) in [4.78, 5) is 11.4. The zero-order valence-corrected chi connectivity index (χ0v) is 9.66. The Balaban J connectivity index is 3.92. The first-order valence-electron chi connectivity index (χ1n) is 3.30. The van der Waals surface area contributed by atoms with Gasteiger partial charge in [-0.3, -0.25) is 4.79 Å². The van der Waals surface area contributed by atoms with E-state index in [1.165, 1.54) is 2.78 Å². The van der Waals surface area contributed by atoms with Crippen LogP contribution < -0.4 is 20.5 Å². The molecule has 0 bridgehead atoms. The molecule has 7 heteroatoms. The van der Waals surface area contributed by atoms with E-state index < -0.39 is 0 Å². The number of nitrogens with zero attached hydrogens (tertiary/aromatic N) is 3. The van der Waals surface area contributed by atoms with E-state index in [-0.39, 0.29) is 11.1 Å². The summed E-state index contributed by atoms with van der Waals surface area (Å²) in [5.74, 6) is 0. The minimum Gasteiger partial charge on any atom is -0.403 e. The monoisotopic (exact) mass is 318 g/mol. The molecule has 0 amide bonds. The van der Waals surface area contributed by atoms with Crippen molar-refractivity contribution < 1.29 is 0 Å². The summed E-state index contributed by atoms with van der Waals surface area (Å²) in [5, 5.41) is 17.2. The first kappa shape index (κ1) is 10.8. The van der Waals surface area contributed by atoms with Gasteiger partial charge in [0.15, 0.2) is 5.57 Å². The minimum atomic E-state index is -0.309. The van der Waals surface area contributed by atoms with Crippen LogP contribution in [-0.2, 0) is 0 Å². The van der Waals surface area contributed by atoms with Crippen molar-refractivity contribution in [1.82, 2.24) is 2.78 Å². The smallest absolute Gasteiger partial charge is 0.279 e. The van der Waals surface area contributed by atoms with E-state index in [0.717, 1.165) is 17.5 Å². The van der Waals surface area contributed by atoms with Crippen molar-refractivity contribution in [2.75, 3.05) is 0 Å². The molecule has 0 saturated carbocycles. The number of hydrogen-bond donors (Lipinski definition) is 1. The molecule has 0 unspecified atom stereocenters. The van der Waals surface area contributed by atoms with E-state index in [1.807, 2.05) is 0 Å². The first-order chi connectivity index (χ1) is 6.65. The molecule has 1 aromatic rings. The maximum absolute atomic E-state index is 11.4. The van der Waals surface area contributed by atoms with Gasteiger partial charge in [-0.05, 0) is 0 Å². The van der Waals surface area contributed by atoms with Gasteiger partial charge in [-0.1, -0.05) is 0 Å². The van der Waals surface area contributed by atoms with Crippen LogP contribution >= 0.6 is 34.2 Å². The average molecular weight is 318 g/mol. The zero-order valence-electron chi connectivity index (χ0n) is 6.69. The number of nitrogens with two attached hydrogens (primary N) is 1. The molecular formula is C7H3IN4OS. The average Bonchev–Trinajstić information content (AvgIpc) is 2.48. The predicted molar refractivity (Wildman–Crippen MR) is 60.5 cm³/mol. The highest BCUT2D eigenvalue weighted by Crippen LogP contribution is 1.90. The molecule has 1 heterocycles. The Bertz CT molecular complexity index is 596. The van der Waals surface area contributed by atoms with Gasteiger partial charge >= 0.3 is 0 Å². The third-order valence-electron chi connectivity index (χ3n) is 1.36. The van der Waals surface area contributed by atoms with Crippen molar-refractivity contribution >= 4 is 46.0 Å². The molecule has 0 spiro atoms. The van der Waals surface area contributed by atoms with Crippen LogP contribution in [0.2, 0.25) is 0 Å². The summed E-state index contributed by atoms with van der Waals surface area (Å²) in [7, 11) is 0. The molecule has 0 aromatic carbocycles. The molecule has 1 aromatic heterocycles. The molecule has 5 nitrogen and oxygen atoms in total. The van der Waals surface area contributed by atoms with E-state index in [9.17, 15) is 4.79 Å². The molecule has 0 radical (unpaired) electrons. The fraction of sp³-hybridized carbons (Fsp3) is 0. The van der Waals surface area contributed by atoms with Gasteiger partial charge in [0.25, 0.3) is 5.56 Å². The van der Waals surface area contributed by atoms with Gasteiger partial charge in [0.1, 0.15) is 21.3 Å². The Morgan fingerprint density at radius 3 is 2.50 bits per heavy atom. The van der Waals surface area contributed by atoms with E-state index in [4.69, 9.17) is 16.3 Å². The molecule has 0 aliphatic rings. The molecular weight excluding hydrogens is 315 g/mol. The lowest BCUT2D eigenvalue weighted by Gasteiger charge is -1.82.